The summed E-state index contributed by atoms with van der Waals surface area (Å²) in [4.78, 5) is 11.1. The molecule has 13 heavy (non-hydrogen) atoms. The minimum atomic E-state index is 0.0855. The molecule has 1 aliphatic rings. The van der Waals surface area contributed by atoms with Crippen LogP contribution in [0.3, 0.4) is 0 Å². The maximum atomic E-state index is 11.1. The highest BCUT2D eigenvalue weighted by Gasteiger charge is 2.25. The summed E-state index contributed by atoms with van der Waals surface area (Å²) in [6.45, 7) is 3.24. The van der Waals surface area contributed by atoms with Gasteiger partial charge in [0.15, 0.2) is 0 Å². The van der Waals surface area contributed by atoms with Gasteiger partial charge >= 0.3 is 0 Å². The Morgan fingerprint density at radius 1 is 1.54 bits per heavy atom. The number of carbonyl (C=O) groups is 1. The molecule has 0 aliphatic heterocycles. The molecular weight excluding hydrogens is 166 g/mol. The van der Waals surface area contributed by atoms with Gasteiger partial charge in [-0.05, 0) is 19.3 Å². The van der Waals surface area contributed by atoms with Gasteiger partial charge in [0.05, 0.1) is 6.54 Å². The Hall–Kier alpha value is -0.610. The lowest BCUT2D eigenvalue weighted by molar-refractivity contribution is -0.120. The van der Waals surface area contributed by atoms with Gasteiger partial charge < -0.3 is 16.4 Å². The molecule has 0 bridgehead atoms. The molecule has 0 unspecified atom stereocenters. The number of carbonyl (C=O) groups excluding carboxylic acids is 1. The van der Waals surface area contributed by atoms with Crippen molar-refractivity contribution in [3.8, 4) is 0 Å². The Morgan fingerprint density at radius 2 is 2.23 bits per heavy atom. The topological polar surface area (TPSA) is 67.2 Å². The monoisotopic (exact) mass is 185 g/mol. The molecule has 0 spiro atoms. The van der Waals surface area contributed by atoms with Gasteiger partial charge in [0.2, 0.25) is 5.91 Å². The highest BCUT2D eigenvalue weighted by molar-refractivity contribution is 5.77. The standard InChI is InChI=1S/C9H19N3O/c1-2-3-11-9(13)6-12-8-4-7(10)5-8/h7-8,12H,2-6,10H2,1H3,(H,11,13). The normalized spacial score (nSPS) is 26.6. The Kier molecular flexibility index (Phi) is 4.18. The van der Waals surface area contributed by atoms with Crippen LogP contribution in [0, 0.1) is 0 Å². The number of nitrogens with one attached hydrogen (secondary N) is 2. The molecule has 76 valence electrons. The second-order valence-electron chi connectivity index (χ2n) is 3.66. The average Bonchev–Trinajstić information content (AvgIpc) is 2.07. The first-order chi connectivity index (χ1) is 6.22. The van der Waals surface area contributed by atoms with E-state index in [4.69, 9.17) is 5.73 Å². The van der Waals surface area contributed by atoms with Crippen LogP contribution in [0.1, 0.15) is 26.2 Å². The van der Waals surface area contributed by atoms with Gasteiger partial charge in [-0.3, -0.25) is 4.79 Å². The Morgan fingerprint density at radius 3 is 2.77 bits per heavy atom. The van der Waals surface area contributed by atoms with Crippen LogP contribution >= 0.6 is 0 Å². The minimum absolute atomic E-state index is 0.0855. The molecule has 1 rings (SSSR count). The molecule has 0 aromatic rings. The lowest BCUT2D eigenvalue weighted by Crippen LogP contribution is -2.50. The average molecular weight is 185 g/mol. The second kappa shape index (κ2) is 5.19. The van der Waals surface area contributed by atoms with E-state index in [0.717, 1.165) is 25.8 Å². The smallest absolute Gasteiger partial charge is 0.233 e. The molecule has 0 aromatic carbocycles. The molecular formula is C9H19N3O. The van der Waals surface area contributed by atoms with Gasteiger partial charge in [0.1, 0.15) is 0 Å². The summed E-state index contributed by atoms with van der Waals surface area (Å²) >= 11 is 0. The lowest BCUT2D eigenvalue weighted by Gasteiger charge is -2.32. The van der Waals surface area contributed by atoms with Crippen LogP contribution in [0.25, 0.3) is 0 Å². The van der Waals surface area contributed by atoms with Crippen LogP contribution in [-0.2, 0) is 4.79 Å². The van der Waals surface area contributed by atoms with Crippen molar-refractivity contribution in [2.75, 3.05) is 13.1 Å². The summed E-state index contributed by atoms with van der Waals surface area (Å²) in [5.41, 5.74) is 5.61. The summed E-state index contributed by atoms with van der Waals surface area (Å²) in [5, 5.41) is 5.98. The molecule has 0 saturated heterocycles. The highest BCUT2D eigenvalue weighted by atomic mass is 16.1. The summed E-state index contributed by atoms with van der Waals surface area (Å²) < 4.78 is 0. The number of hydrogen-bond acceptors (Lipinski definition) is 3. The zero-order valence-corrected chi connectivity index (χ0v) is 8.18. The molecule has 0 radical (unpaired) electrons. The van der Waals surface area contributed by atoms with Crippen molar-refractivity contribution in [2.24, 2.45) is 5.73 Å². The third-order valence-corrected chi connectivity index (χ3v) is 2.30. The van der Waals surface area contributed by atoms with Crippen LogP contribution in [0.2, 0.25) is 0 Å². The van der Waals surface area contributed by atoms with Crippen LogP contribution < -0.4 is 16.4 Å². The lowest BCUT2D eigenvalue weighted by atomic mass is 9.88. The van der Waals surface area contributed by atoms with E-state index in [1.807, 2.05) is 6.92 Å². The third kappa shape index (κ3) is 3.74. The first kappa shape index (κ1) is 10.5. The van der Waals surface area contributed by atoms with E-state index in [1.54, 1.807) is 0 Å². The zero-order valence-electron chi connectivity index (χ0n) is 8.18. The molecule has 0 atom stereocenters. The number of amides is 1. The number of nitrogens with two attached hydrogens (primary N) is 1. The Bertz CT molecular complexity index is 166. The van der Waals surface area contributed by atoms with E-state index in [1.165, 1.54) is 0 Å². The SMILES string of the molecule is CCCNC(=O)CNC1CC(N)C1. The zero-order chi connectivity index (χ0) is 9.68. The molecule has 0 aromatic heterocycles. The van der Waals surface area contributed by atoms with Crippen LogP contribution in [0.15, 0.2) is 0 Å². The van der Waals surface area contributed by atoms with E-state index in [-0.39, 0.29) is 5.91 Å². The minimum Gasteiger partial charge on any atom is -0.355 e. The largest absolute Gasteiger partial charge is 0.355 e. The molecule has 1 aliphatic carbocycles. The number of rotatable bonds is 5. The molecule has 1 fully saturated rings. The van der Waals surface area contributed by atoms with Crippen LogP contribution in [0.5, 0.6) is 0 Å². The van der Waals surface area contributed by atoms with Gasteiger partial charge in [-0.1, -0.05) is 6.92 Å². The fourth-order valence-corrected chi connectivity index (χ4v) is 1.39. The van der Waals surface area contributed by atoms with Crippen molar-refractivity contribution >= 4 is 5.91 Å². The Balaban J connectivity index is 1.96. The van der Waals surface area contributed by atoms with E-state index >= 15 is 0 Å². The molecule has 4 N–H and O–H groups in total. The van der Waals surface area contributed by atoms with Gasteiger partial charge in [-0.25, -0.2) is 0 Å². The van der Waals surface area contributed by atoms with Crippen LogP contribution in [0.4, 0.5) is 0 Å². The van der Waals surface area contributed by atoms with Crippen molar-refractivity contribution in [1.29, 1.82) is 0 Å². The van der Waals surface area contributed by atoms with Crippen molar-refractivity contribution < 1.29 is 4.79 Å². The predicted molar refractivity (Wildman–Crippen MR) is 52.3 cm³/mol. The first-order valence-electron chi connectivity index (χ1n) is 4.98. The van der Waals surface area contributed by atoms with Crippen molar-refractivity contribution in [3.63, 3.8) is 0 Å². The summed E-state index contributed by atoms with van der Waals surface area (Å²) in [6.07, 6.45) is 2.99. The fraction of sp³-hybridized carbons (Fsp3) is 0.889. The molecule has 1 amide bonds. The summed E-state index contributed by atoms with van der Waals surface area (Å²) in [7, 11) is 0. The first-order valence-corrected chi connectivity index (χ1v) is 4.98. The molecule has 1 saturated carbocycles. The van der Waals surface area contributed by atoms with Crippen LogP contribution in [-0.4, -0.2) is 31.1 Å². The molecule has 4 heteroatoms. The van der Waals surface area contributed by atoms with E-state index in [9.17, 15) is 4.79 Å². The predicted octanol–water partition coefficient (Wildman–Crippen LogP) is -0.408. The maximum Gasteiger partial charge on any atom is 0.233 e. The van der Waals surface area contributed by atoms with Gasteiger partial charge in [-0.2, -0.15) is 0 Å². The third-order valence-electron chi connectivity index (χ3n) is 2.30. The Labute approximate surface area is 79.3 Å². The van der Waals surface area contributed by atoms with Gasteiger partial charge in [0, 0.05) is 18.6 Å². The molecule has 0 heterocycles. The quantitative estimate of drug-likeness (QED) is 0.545. The number of hydrogen-bond donors (Lipinski definition) is 3. The highest BCUT2D eigenvalue weighted by Crippen LogP contribution is 2.16. The van der Waals surface area contributed by atoms with E-state index < -0.39 is 0 Å². The maximum absolute atomic E-state index is 11.1. The van der Waals surface area contributed by atoms with E-state index in [2.05, 4.69) is 10.6 Å². The van der Waals surface area contributed by atoms with Crippen molar-refractivity contribution in [3.05, 3.63) is 0 Å². The van der Waals surface area contributed by atoms with Crippen molar-refractivity contribution in [1.82, 2.24) is 10.6 Å². The fourth-order valence-electron chi connectivity index (χ4n) is 1.39. The van der Waals surface area contributed by atoms with Gasteiger partial charge in [0.25, 0.3) is 0 Å². The summed E-state index contributed by atoms with van der Waals surface area (Å²) in [5.74, 6) is 0.0855. The van der Waals surface area contributed by atoms with E-state index in [0.29, 0.717) is 18.6 Å². The second-order valence-corrected chi connectivity index (χ2v) is 3.66. The van der Waals surface area contributed by atoms with Crippen molar-refractivity contribution in [2.45, 2.75) is 38.3 Å². The summed E-state index contributed by atoms with van der Waals surface area (Å²) in [6, 6.07) is 0.804. The van der Waals surface area contributed by atoms with Gasteiger partial charge in [-0.15, -0.1) is 0 Å². The molecule has 4 nitrogen and oxygen atoms in total.